The highest BCUT2D eigenvalue weighted by molar-refractivity contribution is 5.89. The molecule has 180 valence electrons. The predicted molar refractivity (Wildman–Crippen MR) is 130 cm³/mol. The lowest BCUT2D eigenvalue weighted by molar-refractivity contribution is 0.0502. The van der Waals surface area contributed by atoms with E-state index in [-0.39, 0.29) is 5.56 Å². The van der Waals surface area contributed by atoms with Gasteiger partial charge in [-0.2, -0.15) is 5.26 Å². The summed E-state index contributed by atoms with van der Waals surface area (Å²) in [5, 5.41) is 11.9. The number of benzene rings is 3. The first-order chi connectivity index (χ1) is 16.6. The van der Waals surface area contributed by atoms with Crippen molar-refractivity contribution in [2.75, 3.05) is 7.11 Å². The number of hydrogen-bond donors (Lipinski definition) is 1. The number of nitrogens with one attached hydrogen (secondary N) is 1. The zero-order chi connectivity index (χ0) is 25.6. The molecule has 1 unspecified atom stereocenters. The van der Waals surface area contributed by atoms with Crippen LogP contribution in [0.1, 0.15) is 53.9 Å². The number of rotatable bonds is 6. The van der Waals surface area contributed by atoms with Gasteiger partial charge in [-0.1, -0.05) is 36.4 Å². The van der Waals surface area contributed by atoms with E-state index >= 15 is 0 Å². The monoisotopic (exact) mass is 474 g/mol. The standard InChI is InChI=1S/C28H27FN2O4/c1-28(2,3)35-27(33)31-25(14-18-7-5-10-22(13-18)26(32)34-4)21-9-6-8-19(15-21)20-11-12-23(17-30)24(29)16-20/h5-13,15-16,25H,14H2,1-4H3,(H,31,33). The Hall–Kier alpha value is -4.18. The lowest BCUT2D eigenvalue weighted by Crippen LogP contribution is -2.35. The van der Waals surface area contributed by atoms with Crippen LogP contribution in [0.5, 0.6) is 0 Å². The van der Waals surface area contributed by atoms with Gasteiger partial charge in [-0.25, -0.2) is 14.0 Å². The molecule has 35 heavy (non-hydrogen) atoms. The van der Waals surface area contributed by atoms with Crippen molar-refractivity contribution in [1.82, 2.24) is 5.32 Å². The molecule has 0 heterocycles. The zero-order valence-corrected chi connectivity index (χ0v) is 20.1. The number of carbonyl (C=O) groups excluding carboxylic acids is 2. The van der Waals surface area contributed by atoms with Crippen LogP contribution in [-0.4, -0.2) is 24.8 Å². The van der Waals surface area contributed by atoms with Crippen LogP contribution in [0.25, 0.3) is 11.1 Å². The van der Waals surface area contributed by atoms with Crippen molar-refractivity contribution in [3.63, 3.8) is 0 Å². The van der Waals surface area contributed by atoms with Crippen molar-refractivity contribution in [1.29, 1.82) is 5.26 Å². The van der Waals surface area contributed by atoms with Crippen LogP contribution in [0.3, 0.4) is 0 Å². The Morgan fingerprint density at radius 1 is 1.03 bits per heavy atom. The normalized spacial score (nSPS) is 11.8. The Bertz CT molecular complexity index is 1270. The van der Waals surface area contributed by atoms with Gasteiger partial charge in [0.15, 0.2) is 0 Å². The second-order valence-corrected chi connectivity index (χ2v) is 9.03. The number of nitriles is 1. The van der Waals surface area contributed by atoms with Crippen LogP contribution in [-0.2, 0) is 15.9 Å². The maximum Gasteiger partial charge on any atom is 0.408 e. The van der Waals surface area contributed by atoms with E-state index in [9.17, 15) is 14.0 Å². The molecule has 1 amide bonds. The lowest BCUT2D eigenvalue weighted by atomic mass is 9.94. The van der Waals surface area contributed by atoms with E-state index < -0.39 is 29.5 Å². The molecule has 0 bridgehead atoms. The first-order valence-electron chi connectivity index (χ1n) is 11.1. The van der Waals surface area contributed by atoms with E-state index in [0.29, 0.717) is 17.5 Å². The van der Waals surface area contributed by atoms with Crippen LogP contribution in [0.4, 0.5) is 9.18 Å². The van der Waals surface area contributed by atoms with Crippen molar-refractivity contribution in [2.45, 2.75) is 38.8 Å². The predicted octanol–water partition coefficient (Wildman–Crippen LogP) is 5.96. The minimum Gasteiger partial charge on any atom is -0.465 e. The summed E-state index contributed by atoms with van der Waals surface area (Å²) >= 11 is 0. The molecule has 0 spiro atoms. The molecule has 0 aliphatic carbocycles. The molecule has 0 aliphatic rings. The molecule has 7 heteroatoms. The van der Waals surface area contributed by atoms with Gasteiger partial charge in [0.05, 0.1) is 24.3 Å². The summed E-state index contributed by atoms with van der Waals surface area (Å²) in [6, 6.07) is 20.1. The van der Waals surface area contributed by atoms with Gasteiger partial charge in [-0.05, 0) is 79.8 Å². The fourth-order valence-corrected chi connectivity index (χ4v) is 3.60. The molecule has 1 atom stereocenters. The Balaban J connectivity index is 1.97. The largest absolute Gasteiger partial charge is 0.465 e. The topological polar surface area (TPSA) is 88.4 Å². The Morgan fingerprint density at radius 2 is 1.74 bits per heavy atom. The third kappa shape index (κ3) is 6.90. The van der Waals surface area contributed by atoms with Crippen molar-refractivity contribution >= 4 is 12.1 Å². The Kier molecular flexibility index (Phi) is 7.87. The maximum absolute atomic E-state index is 14.2. The summed E-state index contributed by atoms with van der Waals surface area (Å²) in [5.74, 6) is -1.05. The number of methoxy groups -OCH3 is 1. The molecule has 1 N–H and O–H groups in total. The molecule has 0 aromatic heterocycles. The van der Waals surface area contributed by atoms with Crippen LogP contribution < -0.4 is 5.32 Å². The van der Waals surface area contributed by atoms with Gasteiger partial charge in [0, 0.05) is 0 Å². The molecular weight excluding hydrogens is 447 g/mol. The zero-order valence-electron chi connectivity index (χ0n) is 20.1. The summed E-state index contributed by atoms with van der Waals surface area (Å²) < 4.78 is 24.5. The highest BCUT2D eigenvalue weighted by atomic mass is 19.1. The van der Waals surface area contributed by atoms with Crippen molar-refractivity contribution in [3.8, 4) is 17.2 Å². The number of nitrogens with zero attached hydrogens (tertiary/aromatic N) is 1. The minimum atomic E-state index is -0.679. The third-order valence-electron chi connectivity index (χ3n) is 5.19. The third-order valence-corrected chi connectivity index (χ3v) is 5.19. The van der Waals surface area contributed by atoms with Gasteiger partial charge in [0.1, 0.15) is 17.5 Å². The fourth-order valence-electron chi connectivity index (χ4n) is 3.60. The van der Waals surface area contributed by atoms with E-state index in [2.05, 4.69) is 5.32 Å². The Labute approximate surface area is 204 Å². The molecule has 6 nitrogen and oxygen atoms in total. The second-order valence-electron chi connectivity index (χ2n) is 9.03. The van der Waals surface area contributed by atoms with E-state index in [1.54, 1.807) is 45.0 Å². The van der Waals surface area contributed by atoms with E-state index in [1.807, 2.05) is 36.4 Å². The molecule has 3 rings (SSSR count). The average Bonchev–Trinajstić information content (AvgIpc) is 2.82. The molecule has 3 aromatic carbocycles. The Morgan fingerprint density at radius 3 is 2.40 bits per heavy atom. The van der Waals surface area contributed by atoms with Gasteiger partial charge < -0.3 is 14.8 Å². The number of esters is 1. The van der Waals surface area contributed by atoms with E-state index in [4.69, 9.17) is 14.7 Å². The van der Waals surface area contributed by atoms with Crippen LogP contribution in [0.15, 0.2) is 66.7 Å². The first-order valence-corrected chi connectivity index (χ1v) is 11.1. The highest BCUT2D eigenvalue weighted by Gasteiger charge is 2.22. The number of halogens is 1. The number of ether oxygens (including phenoxy) is 2. The van der Waals surface area contributed by atoms with Crippen molar-refractivity contribution in [3.05, 3.63) is 94.8 Å². The fraction of sp³-hybridized carbons (Fsp3) is 0.250. The molecular formula is C28H27FN2O4. The van der Waals surface area contributed by atoms with Gasteiger partial charge >= 0.3 is 12.1 Å². The number of amides is 1. The van der Waals surface area contributed by atoms with Gasteiger partial charge in [-0.3, -0.25) is 0 Å². The summed E-state index contributed by atoms with van der Waals surface area (Å²) in [4.78, 5) is 24.6. The summed E-state index contributed by atoms with van der Waals surface area (Å²) in [6.45, 7) is 5.34. The molecule has 0 radical (unpaired) electrons. The number of alkyl carbamates (subject to hydrolysis) is 1. The minimum absolute atomic E-state index is 0.0279. The van der Waals surface area contributed by atoms with Gasteiger partial charge in [0.25, 0.3) is 0 Å². The first kappa shape index (κ1) is 25.4. The molecule has 0 saturated carbocycles. The smallest absolute Gasteiger partial charge is 0.408 e. The maximum atomic E-state index is 14.2. The van der Waals surface area contributed by atoms with E-state index in [0.717, 1.165) is 16.7 Å². The molecule has 0 aliphatic heterocycles. The van der Waals surface area contributed by atoms with Crippen LogP contribution in [0.2, 0.25) is 0 Å². The molecule has 3 aromatic rings. The van der Waals surface area contributed by atoms with Crippen LogP contribution in [0, 0.1) is 17.1 Å². The SMILES string of the molecule is COC(=O)c1cccc(CC(NC(=O)OC(C)(C)C)c2cccc(-c3ccc(C#N)c(F)c3)c2)c1. The molecule has 0 saturated heterocycles. The van der Waals surface area contributed by atoms with Crippen LogP contribution >= 0.6 is 0 Å². The highest BCUT2D eigenvalue weighted by Crippen LogP contribution is 2.27. The van der Waals surface area contributed by atoms with Crippen molar-refractivity contribution < 1.29 is 23.5 Å². The lowest BCUT2D eigenvalue weighted by Gasteiger charge is -2.24. The van der Waals surface area contributed by atoms with Crippen molar-refractivity contribution in [2.24, 2.45) is 0 Å². The number of hydrogen-bond acceptors (Lipinski definition) is 5. The second kappa shape index (κ2) is 10.8. The van der Waals surface area contributed by atoms with E-state index in [1.165, 1.54) is 19.2 Å². The summed E-state index contributed by atoms with van der Waals surface area (Å²) in [5.41, 5.74) is 2.60. The average molecular weight is 475 g/mol. The summed E-state index contributed by atoms with van der Waals surface area (Å²) in [7, 11) is 1.32. The summed E-state index contributed by atoms with van der Waals surface area (Å²) in [6.07, 6.45) is -0.212. The molecule has 0 fully saturated rings. The quantitative estimate of drug-likeness (QED) is 0.446. The van der Waals surface area contributed by atoms with Gasteiger partial charge in [0.2, 0.25) is 0 Å². The van der Waals surface area contributed by atoms with Gasteiger partial charge in [-0.15, -0.1) is 0 Å². The number of carbonyl (C=O) groups is 2.